The topological polar surface area (TPSA) is 232 Å². The number of fused-ring (bicyclic) bond motifs is 13. The Labute approximate surface area is 434 Å². The first kappa shape index (κ1) is 54.4. The van der Waals surface area contributed by atoms with Gasteiger partial charge in [-0.1, -0.05) is 106 Å². The van der Waals surface area contributed by atoms with Gasteiger partial charge in [-0.3, -0.25) is 29.0 Å². The number of aliphatic hydroxyl groups is 2. The first-order valence-electron chi connectivity index (χ1n) is 24.6. The largest absolute Gasteiger partial charge is 0.507 e. The standard InChI is InChI=1S/C54H67IN4O13/c1-28-14-13-15-29(2)52(67)56-44-43-42(57-54(58-43)20-22-59(23-21-54)27-30(3)55)39-40(48(44)65)47(64)34(7)50-41(39)51(66)53(8,72-50)70-25-19-36(68-9)31(4)49(33(6)46(63)32(5)45(28)62)71-38(61)26-37(60)69-24-18-35-16-11-10-12-17-35/h10-17,19,25,28,30-33,36,45-46,49,58,62-64H,18,20-24,26-27H2,1-9H3,(H,56,67)/b14-13+,25-19+,29-15-/t28-,30?,31+,32+,33+,36-,45-,46+,49+,53-/m0/s1. The van der Waals surface area contributed by atoms with Gasteiger partial charge < -0.3 is 54.5 Å². The number of aromatic hydroxyl groups is 1. The summed E-state index contributed by atoms with van der Waals surface area (Å²) in [5.74, 6) is -9.16. The van der Waals surface area contributed by atoms with E-state index in [4.69, 9.17) is 28.7 Å². The second-order valence-electron chi connectivity index (χ2n) is 19.9. The minimum atomic E-state index is -2.04. The summed E-state index contributed by atoms with van der Waals surface area (Å²) in [6, 6.07) is 9.42. The van der Waals surface area contributed by atoms with E-state index in [1.807, 2.05) is 30.3 Å². The Hall–Kier alpha value is -5.41. The molecule has 388 valence electrons. The molecular weight excluding hydrogens is 1040 g/mol. The number of methoxy groups -OCH3 is 1. The van der Waals surface area contributed by atoms with E-state index >= 15 is 0 Å². The van der Waals surface area contributed by atoms with Crippen LogP contribution in [0.4, 0.5) is 0 Å². The van der Waals surface area contributed by atoms with Crippen molar-refractivity contribution in [3.63, 3.8) is 0 Å². The third-order valence-corrected chi connectivity index (χ3v) is 15.0. The van der Waals surface area contributed by atoms with E-state index in [1.165, 1.54) is 39.4 Å². The van der Waals surface area contributed by atoms with Crippen molar-refractivity contribution >= 4 is 57.7 Å². The summed E-state index contributed by atoms with van der Waals surface area (Å²) in [6.07, 6.45) is 3.95. The highest BCUT2D eigenvalue weighted by atomic mass is 127. The molecule has 1 spiro atoms. The van der Waals surface area contributed by atoms with E-state index in [-0.39, 0.29) is 57.3 Å². The number of likely N-dealkylation sites (tertiary alicyclic amines) is 1. The Bertz CT molecular complexity index is 2600. The van der Waals surface area contributed by atoms with Gasteiger partial charge in [0.15, 0.2) is 0 Å². The zero-order valence-electron chi connectivity index (χ0n) is 42.3. The summed E-state index contributed by atoms with van der Waals surface area (Å²) in [4.78, 5) is 77.7. The van der Waals surface area contributed by atoms with E-state index < -0.39 is 101 Å². The SMILES string of the molecule is CO[C@H]1/C=C/O[C@@]2(C)Oc3c(C)c(O)c4c(c3C2=O)C2=NC3(CCN(CC(C)I)CC3)NC2=C(NC(=O)/C(C)=C\C=C\[C@H](C)[C@H](O)[C@@H](C)[C@@H](O)[C@@H](C)[C@H](OC(=O)CC(=O)OCCc2ccccc2)[C@@H]1C)C4=O. The van der Waals surface area contributed by atoms with Crippen LogP contribution in [-0.2, 0) is 39.8 Å². The number of esters is 2. The van der Waals surface area contributed by atoms with Gasteiger partial charge >= 0.3 is 17.7 Å². The highest BCUT2D eigenvalue weighted by Gasteiger charge is 2.54. The fraction of sp³-hybridized carbons (Fsp3) is 0.519. The van der Waals surface area contributed by atoms with Crippen molar-refractivity contribution in [3.8, 4) is 11.5 Å². The minimum Gasteiger partial charge on any atom is -0.507 e. The lowest BCUT2D eigenvalue weighted by Crippen LogP contribution is -2.51. The van der Waals surface area contributed by atoms with Gasteiger partial charge in [0.05, 0.1) is 53.7 Å². The maximum Gasteiger partial charge on any atom is 0.317 e. The Morgan fingerprint density at radius 2 is 1.64 bits per heavy atom. The molecule has 2 aromatic carbocycles. The smallest absolute Gasteiger partial charge is 0.317 e. The average Bonchev–Trinajstić information content (AvgIpc) is 3.85. The number of phenolic OH excluding ortho intramolecular Hbond substituents is 1. The van der Waals surface area contributed by atoms with Gasteiger partial charge in [-0.25, -0.2) is 0 Å². The Kier molecular flexibility index (Phi) is 16.9. The number of rotatable bonds is 9. The number of carbonyl (C=O) groups is 5. The number of nitrogens with zero attached hydrogens (tertiary/aromatic N) is 2. The molecule has 2 aromatic rings. The highest BCUT2D eigenvalue weighted by molar-refractivity contribution is 14.1. The number of hydrogen-bond donors (Lipinski definition) is 5. The second-order valence-corrected chi connectivity index (χ2v) is 22.0. The number of ketones is 2. The third kappa shape index (κ3) is 11.2. The summed E-state index contributed by atoms with van der Waals surface area (Å²) >= 11 is 2.39. The number of aliphatic hydroxyl groups excluding tert-OH is 2. The molecule has 1 amide bonds. The minimum absolute atomic E-state index is 0.00653. The summed E-state index contributed by atoms with van der Waals surface area (Å²) < 4.78 is 30.2. The maximum absolute atomic E-state index is 14.9. The number of benzene rings is 2. The van der Waals surface area contributed by atoms with Crippen LogP contribution >= 0.6 is 22.6 Å². The van der Waals surface area contributed by atoms with Crippen LogP contribution < -0.4 is 15.4 Å². The number of hydrogen-bond acceptors (Lipinski definition) is 16. The van der Waals surface area contributed by atoms with Gasteiger partial charge in [0, 0.05) is 97.2 Å². The van der Waals surface area contributed by atoms with Crippen LogP contribution in [0.25, 0.3) is 0 Å². The van der Waals surface area contributed by atoms with Crippen molar-refractivity contribution in [1.82, 2.24) is 15.5 Å². The molecule has 0 saturated carbocycles. The van der Waals surface area contributed by atoms with Gasteiger partial charge in [-0.05, 0) is 25.5 Å². The number of halogens is 1. The van der Waals surface area contributed by atoms with Gasteiger partial charge in [0.25, 0.3) is 11.7 Å². The van der Waals surface area contributed by atoms with Crippen LogP contribution in [0.15, 0.2) is 82.9 Å². The van der Waals surface area contributed by atoms with Crippen molar-refractivity contribution in [2.24, 2.45) is 28.7 Å². The van der Waals surface area contributed by atoms with Crippen LogP contribution in [0.2, 0.25) is 0 Å². The number of nitrogens with one attached hydrogen (secondary N) is 2. The summed E-state index contributed by atoms with van der Waals surface area (Å²) in [6.45, 7) is 15.7. The molecule has 0 radical (unpaired) electrons. The molecule has 5 N–H and O–H groups in total. The molecule has 10 atom stereocenters. The number of aliphatic imine (C=N–C) groups is 1. The molecule has 6 aliphatic rings. The first-order chi connectivity index (χ1) is 34.1. The van der Waals surface area contributed by atoms with Crippen molar-refractivity contribution in [2.75, 3.05) is 33.4 Å². The summed E-state index contributed by atoms with van der Waals surface area (Å²) in [7, 11) is 1.42. The summed E-state index contributed by atoms with van der Waals surface area (Å²) in [5, 5.41) is 41.7. The van der Waals surface area contributed by atoms with Crippen LogP contribution in [0.1, 0.15) is 105 Å². The number of amides is 1. The van der Waals surface area contributed by atoms with E-state index in [0.29, 0.717) is 36.3 Å². The molecule has 5 bridgehead atoms. The highest BCUT2D eigenvalue weighted by Crippen LogP contribution is 2.50. The molecule has 18 heteroatoms. The lowest BCUT2D eigenvalue weighted by atomic mass is 9.78. The molecule has 17 nitrogen and oxygen atoms in total. The zero-order chi connectivity index (χ0) is 52.4. The maximum atomic E-state index is 14.9. The average molecular weight is 1110 g/mol. The van der Waals surface area contributed by atoms with E-state index in [1.54, 1.807) is 46.8 Å². The van der Waals surface area contributed by atoms with Crippen molar-refractivity contribution < 1.29 is 63.0 Å². The number of phenols is 1. The molecule has 5 heterocycles. The molecule has 1 saturated heterocycles. The fourth-order valence-electron chi connectivity index (χ4n) is 10.2. The van der Waals surface area contributed by atoms with Gasteiger partial charge in [0.1, 0.15) is 35.4 Å². The fourth-order valence-corrected chi connectivity index (χ4v) is 10.8. The number of ether oxygens (including phenoxy) is 5. The molecular formula is C54H67IN4O13. The zero-order valence-corrected chi connectivity index (χ0v) is 44.5. The number of allylic oxidation sites excluding steroid dienone is 4. The molecule has 1 aliphatic carbocycles. The molecule has 5 aliphatic heterocycles. The van der Waals surface area contributed by atoms with Gasteiger partial charge in [-0.2, -0.15) is 0 Å². The van der Waals surface area contributed by atoms with Crippen LogP contribution in [-0.4, -0.2) is 128 Å². The number of Topliss-reactive ketones (excluding diaryl/α,β-unsaturated/α-hetero) is 2. The normalized spacial score (nSPS) is 30.7. The monoisotopic (exact) mass is 1110 g/mol. The third-order valence-electron chi connectivity index (χ3n) is 14.6. The van der Waals surface area contributed by atoms with Gasteiger partial charge in [-0.15, -0.1) is 0 Å². The van der Waals surface area contributed by atoms with Crippen LogP contribution in [0.3, 0.4) is 0 Å². The Balaban J connectivity index is 1.25. The molecule has 8 rings (SSSR count). The van der Waals surface area contributed by atoms with Crippen LogP contribution in [0, 0.1) is 30.6 Å². The van der Waals surface area contributed by atoms with Crippen molar-refractivity contribution in [3.05, 3.63) is 106 Å². The van der Waals surface area contributed by atoms with Gasteiger partial charge in [0.2, 0.25) is 5.78 Å². The molecule has 0 aromatic heterocycles. The lowest BCUT2D eigenvalue weighted by Gasteiger charge is -2.38. The first-order valence-corrected chi connectivity index (χ1v) is 25.8. The lowest BCUT2D eigenvalue weighted by molar-refractivity contribution is -0.167. The number of piperidine rings is 1. The molecule has 1 fully saturated rings. The number of alkyl halides is 1. The number of carbonyl (C=O) groups excluding carboxylic acids is 5. The predicted molar refractivity (Wildman–Crippen MR) is 275 cm³/mol. The Morgan fingerprint density at radius 3 is 2.31 bits per heavy atom. The predicted octanol–water partition coefficient (Wildman–Crippen LogP) is 5.94. The van der Waals surface area contributed by atoms with Crippen molar-refractivity contribution in [2.45, 2.75) is 121 Å². The quantitative estimate of drug-likeness (QED) is 0.0847. The second kappa shape index (κ2) is 22.4. The van der Waals surface area contributed by atoms with E-state index in [2.05, 4.69) is 45.0 Å². The van der Waals surface area contributed by atoms with Crippen LogP contribution in [0.5, 0.6) is 11.5 Å². The van der Waals surface area contributed by atoms with Crippen molar-refractivity contribution in [1.29, 1.82) is 0 Å². The van der Waals surface area contributed by atoms with E-state index in [0.717, 1.165) is 12.1 Å². The summed E-state index contributed by atoms with van der Waals surface area (Å²) in [5.41, 5.74) is 0.482. The molecule has 1 unspecified atom stereocenters. The Morgan fingerprint density at radius 1 is 0.944 bits per heavy atom. The molecule has 72 heavy (non-hydrogen) atoms. The van der Waals surface area contributed by atoms with E-state index in [9.17, 15) is 39.3 Å².